The van der Waals surface area contributed by atoms with Gasteiger partial charge in [-0.1, -0.05) is 0 Å². The molecule has 7 nitrogen and oxygen atoms in total. The Hall–Kier alpha value is -1.27. The van der Waals surface area contributed by atoms with E-state index in [1.807, 2.05) is 0 Å². The fourth-order valence-electron chi connectivity index (χ4n) is 3.03. The molecule has 3 rings (SSSR count). The predicted molar refractivity (Wildman–Crippen MR) is 94.0 cm³/mol. The number of nitrogens with zero attached hydrogens (tertiary/aromatic N) is 1. The molecule has 12 heteroatoms. The number of rotatable bonds is 5. The van der Waals surface area contributed by atoms with Crippen LogP contribution < -0.4 is 19.5 Å². The van der Waals surface area contributed by atoms with Gasteiger partial charge in [0, 0.05) is 38.8 Å². The molecule has 2 aliphatic rings. The van der Waals surface area contributed by atoms with Crippen molar-refractivity contribution < 1.29 is 31.1 Å². The lowest BCUT2D eigenvalue weighted by molar-refractivity contribution is -0.182. The number of hydrogen-bond acceptors (Lipinski definition) is 6. The topological polar surface area (TPSA) is 79.9 Å². The number of ether oxygens (including phenoxy) is 2. The van der Waals surface area contributed by atoms with Crippen LogP contribution in [0.3, 0.4) is 0 Å². The standard InChI is InChI=1S/C15H20F3N3O4S.ClH/c1-10-6-11-12(25-9-24-11)7-13(10)26(22,23)20-8-14(15(16,17)18)21-4-2-19-3-5-21;/h6-7,14,19-20H,2-5,8-9H2,1H3;1H. The third-order valence-electron chi connectivity index (χ3n) is 4.40. The molecule has 0 radical (unpaired) electrons. The van der Waals surface area contributed by atoms with E-state index in [4.69, 9.17) is 9.47 Å². The smallest absolute Gasteiger partial charge is 0.405 e. The van der Waals surface area contributed by atoms with E-state index in [1.54, 1.807) is 6.92 Å². The molecule has 154 valence electrons. The molecule has 1 atom stereocenters. The monoisotopic (exact) mass is 431 g/mol. The summed E-state index contributed by atoms with van der Waals surface area (Å²) in [5.41, 5.74) is 0.368. The van der Waals surface area contributed by atoms with Crippen molar-refractivity contribution in [3.05, 3.63) is 17.7 Å². The Morgan fingerprint density at radius 2 is 1.81 bits per heavy atom. The van der Waals surface area contributed by atoms with E-state index in [0.29, 0.717) is 24.4 Å². The first-order valence-corrected chi connectivity index (χ1v) is 9.58. The highest BCUT2D eigenvalue weighted by Gasteiger charge is 2.44. The number of sulfonamides is 1. The summed E-state index contributed by atoms with van der Waals surface area (Å²) >= 11 is 0. The number of halogens is 4. The van der Waals surface area contributed by atoms with Crippen LogP contribution in [0.4, 0.5) is 13.2 Å². The zero-order valence-corrected chi connectivity index (χ0v) is 16.1. The van der Waals surface area contributed by atoms with E-state index in [1.165, 1.54) is 17.0 Å². The first-order chi connectivity index (χ1) is 12.2. The van der Waals surface area contributed by atoms with Gasteiger partial charge in [-0.25, -0.2) is 13.1 Å². The molecule has 1 fully saturated rings. The van der Waals surface area contributed by atoms with Gasteiger partial charge in [0.25, 0.3) is 0 Å². The van der Waals surface area contributed by atoms with Gasteiger partial charge in [0.15, 0.2) is 11.5 Å². The van der Waals surface area contributed by atoms with Crippen LogP contribution in [0.1, 0.15) is 5.56 Å². The lowest BCUT2D eigenvalue weighted by Gasteiger charge is -2.35. The molecular weight excluding hydrogens is 411 g/mol. The van der Waals surface area contributed by atoms with Gasteiger partial charge >= 0.3 is 6.18 Å². The highest BCUT2D eigenvalue weighted by Crippen LogP contribution is 2.36. The van der Waals surface area contributed by atoms with Crippen molar-refractivity contribution in [3.63, 3.8) is 0 Å². The van der Waals surface area contributed by atoms with Gasteiger partial charge in [0.05, 0.1) is 4.90 Å². The highest BCUT2D eigenvalue weighted by molar-refractivity contribution is 7.89. The summed E-state index contributed by atoms with van der Waals surface area (Å²) in [6.07, 6.45) is -4.54. The molecule has 0 bridgehead atoms. The van der Waals surface area contributed by atoms with Gasteiger partial charge in [0.1, 0.15) is 6.04 Å². The number of nitrogens with one attached hydrogen (secondary N) is 2. The fraction of sp³-hybridized carbons (Fsp3) is 0.600. The maximum atomic E-state index is 13.4. The van der Waals surface area contributed by atoms with E-state index in [-0.39, 0.29) is 42.9 Å². The van der Waals surface area contributed by atoms with Crippen molar-refractivity contribution in [2.75, 3.05) is 39.5 Å². The SMILES string of the molecule is Cc1cc2c(cc1S(=O)(=O)NCC(N1CCNCC1)C(F)(F)F)OCO2.Cl. The number of alkyl halides is 3. The molecule has 0 spiro atoms. The van der Waals surface area contributed by atoms with Crippen molar-refractivity contribution in [2.45, 2.75) is 24.0 Å². The van der Waals surface area contributed by atoms with Crippen molar-refractivity contribution in [1.29, 1.82) is 0 Å². The van der Waals surface area contributed by atoms with Crippen molar-refractivity contribution in [3.8, 4) is 11.5 Å². The normalized spacial score (nSPS) is 18.8. The lowest BCUT2D eigenvalue weighted by atomic mass is 10.2. The molecule has 2 N–H and O–H groups in total. The Morgan fingerprint density at radius 3 is 2.41 bits per heavy atom. The summed E-state index contributed by atoms with van der Waals surface area (Å²) in [6, 6.07) is 0.885. The first kappa shape index (κ1) is 22.0. The van der Waals surface area contributed by atoms with Gasteiger partial charge in [-0.15, -0.1) is 12.4 Å². The van der Waals surface area contributed by atoms with Crippen molar-refractivity contribution in [1.82, 2.24) is 14.9 Å². The summed E-state index contributed by atoms with van der Waals surface area (Å²) < 4.78 is 77.8. The molecule has 0 aromatic heterocycles. The minimum Gasteiger partial charge on any atom is -0.454 e. The Morgan fingerprint density at radius 1 is 1.22 bits per heavy atom. The predicted octanol–water partition coefficient (Wildman–Crippen LogP) is 1.26. The highest BCUT2D eigenvalue weighted by atomic mass is 35.5. The van der Waals surface area contributed by atoms with Gasteiger partial charge in [-0.05, 0) is 18.6 Å². The molecule has 0 saturated carbocycles. The Kier molecular flexibility index (Phi) is 6.85. The number of piperazine rings is 1. The first-order valence-electron chi connectivity index (χ1n) is 8.10. The van der Waals surface area contributed by atoms with Crippen molar-refractivity contribution >= 4 is 22.4 Å². The van der Waals surface area contributed by atoms with Gasteiger partial charge < -0.3 is 14.8 Å². The van der Waals surface area contributed by atoms with Crippen LogP contribution in [0.5, 0.6) is 11.5 Å². The number of hydrogen-bond donors (Lipinski definition) is 2. The van der Waals surface area contributed by atoms with Gasteiger partial charge in [-0.3, -0.25) is 4.90 Å². The molecule has 0 amide bonds. The summed E-state index contributed by atoms with van der Waals surface area (Å²) in [5.74, 6) is 0.667. The summed E-state index contributed by atoms with van der Waals surface area (Å²) in [6.45, 7) is 2.05. The number of benzene rings is 1. The zero-order chi connectivity index (χ0) is 18.9. The van der Waals surface area contributed by atoms with Crippen LogP contribution >= 0.6 is 12.4 Å². The third kappa shape index (κ3) is 4.96. The Bertz CT molecular complexity index is 770. The average molecular weight is 432 g/mol. The summed E-state index contributed by atoms with van der Waals surface area (Å²) in [5, 5.41) is 2.98. The second-order valence-corrected chi connectivity index (χ2v) is 7.90. The Labute approximate surface area is 161 Å². The quantitative estimate of drug-likeness (QED) is 0.730. The van der Waals surface area contributed by atoms with Crippen LogP contribution in [0, 0.1) is 6.92 Å². The van der Waals surface area contributed by atoms with Crippen LogP contribution in [-0.4, -0.2) is 65.1 Å². The van der Waals surface area contributed by atoms with Crippen LogP contribution in [0.15, 0.2) is 17.0 Å². The van der Waals surface area contributed by atoms with E-state index >= 15 is 0 Å². The maximum Gasteiger partial charge on any atom is 0.405 e. The zero-order valence-electron chi connectivity index (χ0n) is 14.5. The minimum absolute atomic E-state index is 0. The molecule has 2 aliphatic heterocycles. The molecule has 1 aromatic carbocycles. The number of fused-ring (bicyclic) bond motifs is 1. The molecule has 0 aliphatic carbocycles. The molecule has 1 saturated heterocycles. The minimum atomic E-state index is -4.54. The van der Waals surface area contributed by atoms with E-state index in [0.717, 1.165) is 0 Å². The van der Waals surface area contributed by atoms with Gasteiger partial charge in [0.2, 0.25) is 16.8 Å². The van der Waals surface area contributed by atoms with Crippen LogP contribution in [-0.2, 0) is 10.0 Å². The molecule has 2 heterocycles. The second-order valence-electron chi connectivity index (χ2n) is 6.17. The number of aryl methyl sites for hydroxylation is 1. The molecule has 1 aromatic rings. The van der Waals surface area contributed by atoms with Crippen molar-refractivity contribution in [2.24, 2.45) is 0 Å². The third-order valence-corrected chi connectivity index (χ3v) is 5.96. The molecular formula is C15H21ClF3N3O4S. The lowest BCUT2D eigenvalue weighted by Crippen LogP contribution is -2.57. The van der Waals surface area contributed by atoms with E-state index in [2.05, 4.69) is 10.0 Å². The largest absolute Gasteiger partial charge is 0.454 e. The summed E-state index contributed by atoms with van der Waals surface area (Å²) in [7, 11) is -4.13. The molecule has 27 heavy (non-hydrogen) atoms. The summed E-state index contributed by atoms with van der Waals surface area (Å²) in [4.78, 5) is 1.12. The van der Waals surface area contributed by atoms with Crippen LogP contribution in [0.25, 0.3) is 0 Å². The second kappa shape index (κ2) is 8.39. The average Bonchev–Trinajstić information content (AvgIpc) is 3.01. The van der Waals surface area contributed by atoms with E-state index in [9.17, 15) is 21.6 Å². The van der Waals surface area contributed by atoms with E-state index < -0.39 is 28.8 Å². The fourth-order valence-corrected chi connectivity index (χ4v) is 4.30. The van der Waals surface area contributed by atoms with Gasteiger partial charge in [-0.2, -0.15) is 13.2 Å². The molecule has 1 unspecified atom stereocenters. The maximum absolute atomic E-state index is 13.4. The van der Waals surface area contributed by atoms with Crippen LogP contribution in [0.2, 0.25) is 0 Å². The Balaban J connectivity index is 0.00000261.